The van der Waals surface area contributed by atoms with Crippen molar-refractivity contribution in [2.24, 2.45) is 0 Å². The van der Waals surface area contributed by atoms with Gasteiger partial charge >= 0.3 is 24.2 Å². The smallest absolute Gasteiger partial charge is 0.326 e. The molecule has 0 aliphatic rings. The molecule has 0 heterocycles. The van der Waals surface area contributed by atoms with Crippen LogP contribution in [0, 0.1) is 0 Å². The first-order valence-corrected chi connectivity index (χ1v) is 8.05. The van der Waals surface area contributed by atoms with Crippen LogP contribution in [-0.2, 0) is 26.7 Å². The van der Waals surface area contributed by atoms with Gasteiger partial charge in [0.1, 0.15) is 0 Å². The Labute approximate surface area is 165 Å². The Kier molecular flexibility index (Phi) is 6.38. The van der Waals surface area contributed by atoms with E-state index < -0.39 is 41.0 Å². The van der Waals surface area contributed by atoms with E-state index in [-0.39, 0.29) is 29.8 Å². The van der Waals surface area contributed by atoms with Crippen molar-refractivity contribution in [1.82, 2.24) is 0 Å². The number of benzene rings is 2. The Morgan fingerprint density at radius 1 is 0.633 bits per heavy atom. The van der Waals surface area contributed by atoms with Gasteiger partial charge in [-0.1, -0.05) is 0 Å². The van der Waals surface area contributed by atoms with Gasteiger partial charge < -0.3 is 16.0 Å². The summed E-state index contributed by atoms with van der Waals surface area (Å²) in [6, 6.07) is 5.90. The second-order valence-electron chi connectivity index (χ2n) is 5.96. The highest BCUT2D eigenvalue weighted by Gasteiger charge is 2.37. The molecule has 12 heteroatoms. The molecular formula is C18H13F6N3O3. The molecule has 0 atom stereocenters. The molecule has 0 radical (unpaired) electrons. The number of carbonyl (C=O) groups excluding carboxylic acids is 3. The van der Waals surface area contributed by atoms with Crippen molar-refractivity contribution in [1.29, 1.82) is 0 Å². The van der Waals surface area contributed by atoms with Gasteiger partial charge in [-0.2, -0.15) is 26.3 Å². The molecule has 3 N–H and O–H groups in total. The fourth-order valence-electron chi connectivity index (χ4n) is 2.24. The van der Waals surface area contributed by atoms with Gasteiger partial charge in [0.15, 0.2) is 0 Å². The van der Waals surface area contributed by atoms with Crippen LogP contribution in [0.15, 0.2) is 42.5 Å². The van der Waals surface area contributed by atoms with Crippen LogP contribution in [0.3, 0.4) is 0 Å². The van der Waals surface area contributed by atoms with Crippen LogP contribution in [0.5, 0.6) is 0 Å². The van der Waals surface area contributed by atoms with Gasteiger partial charge in [0.25, 0.3) is 0 Å². The molecule has 0 aliphatic heterocycles. The van der Waals surface area contributed by atoms with Gasteiger partial charge in [0.05, 0.1) is 11.1 Å². The van der Waals surface area contributed by atoms with E-state index in [2.05, 4.69) is 10.6 Å². The predicted octanol–water partition coefficient (Wildman–Crippen LogP) is 4.26. The van der Waals surface area contributed by atoms with Crippen LogP contribution in [-0.4, -0.2) is 17.7 Å². The Bertz CT molecular complexity index is 936. The molecule has 30 heavy (non-hydrogen) atoms. The maximum absolute atomic E-state index is 12.8. The van der Waals surface area contributed by atoms with Crippen molar-refractivity contribution in [3.8, 4) is 0 Å². The molecule has 0 saturated heterocycles. The molecule has 6 nitrogen and oxygen atoms in total. The zero-order chi connectivity index (χ0) is 22.7. The maximum atomic E-state index is 12.8. The number of hydrogen-bond donors (Lipinski definition) is 3. The van der Waals surface area contributed by atoms with E-state index in [0.29, 0.717) is 5.69 Å². The molecule has 3 amide bonds. The Morgan fingerprint density at radius 2 is 1.00 bits per heavy atom. The fourth-order valence-corrected chi connectivity index (χ4v) is 2.24. The van der Waals surface area contributed by atoms with Crippen LogP contribution in [0.4, 0.5) is 43.4 Å². The molecule has 0 aliphatic carbocycles. The SMILES string of the molecule is CC(=O)Nc1ccc(NC(=O)C(=O)Nc2cc(C(F)(F)F)cc(C(F)(F)F)c2)cc1. The van der Waals surface area contributed by atoms with E-state index in [1.54, 1.807) is 5.32 Å². The molecule has 2 aromatic rings. The lowest BCUT2D eigenvalue weighted by atomic mass is 10.1. The Morgan fingerprint density at radius 3 is 1.37 bits per heavy atom. The average Bonchev–Trinajstić information content (AvgIpc) is 2.61. The quantitative estimate of drug-likeness (QED) is 0.500. The number of hydrogen-bond acceptors (Lipinski definition) is 3. The zero-order valence-electron chi connectivity index (χ0n) is 15.0. The summed E-state index contributed by atoms with van der Waals surface area (Å²) in [5.74, 6) is -3.15. The van der Waals surface area contributed by atoms with Gasteiger partial charge in [0, 0.05) is 24.0 Å². The van der Waals surface area contributed by atoms with E-state index in [9.17, 15) is 40.7 Å². The van der Waals surface area contributed by atoms with Crippen molar-refractivity contribution < 1.29 is 40.7 Å². The van der Waals surface area contributed by atoms with Gasteiger partial charge in [0.2, 0.25) is 5.91 Å². The third-order valence-electron chi connectivity index (χ3n) is 3.51. The predicted molar refractivity (Wildman–Crippen MR) is 94.5 cm³/mol. The average molecular weight is 433 g/mol. The number of carbonyl (C=O) groups is 3. The summed E-state index contributed by atoms with van der Waals surface area (Å²) in [6.45, 7) is 1.28. The highest BCUT2D eigenvalue weighted by atomic mass is 19.4. The molecule has 0 aromatic heterocycles. The fraction of sp³-hybridized carbons (Fsp3) is 0.167. The van der Waals surface area contributed by atoms with E-state index in [0.717, 1.165) is 0 Å². The largest absolute Gasteiger partial charge is 0.416 e. The second kappa shape index (κ2) is 8.43. The molecule has 0 spiro atoms. The number of anilines is 3. The van der Waals surface area contributed by atoms with Crippen molar-refractivity contribution >= 4 is 34.8 Å². The number of alkyl halides is 6. The van der Waals surface area contributed by atoms with Crippen LogP contribution < -0.4 is 16.0 Å². The summed E-state index contributed by atoms with van der Waals surface area (Å²) in [5.41, 5.74) is -3.63. The monoisotopic (exact) mass is 433 g/mol. The summed E-state index contributed by atoms with van der Waals surface area (Å²) >= 11 is 0. The molecule has 0 bridgehead atoms. The highest BCUT2D eigenvalue weighted by molar-refractivity contribution is 6.43. The van der Waals surface area contributed by atoms with Crippen LogP contribution in [0.2, 0.25) is 0 Å². The van der Waals surface area contributed by atoms with Gasteiger partial charge in [-0.25, -0.2) is 0 Å². The Hall–Kier alpha value is -3.57. The highest BCUT2D eigenvalue weighted by Crippen LogP contribution is 2.37. The van der Waals surface area contributed by atoms with Crippen LogP contribution in [0.25, 0.3) is 0 Å². The van der Waals surface area contributed by atoms with Crippen molar-refractivity contribution in [2.45, 2.75) is 19.3 Å². The van der Waals surface area contributed by atoms with Crippen molar-refractivity contribution in [3.63, 3.8) is 0 Å². The molecule has 0 unspecified atom stereocenters. The van der Waals surface area contributed by atoms with E-state index in [1.807, 2.05) is 0 Å². The molecule has 0 saturated carbocycles. The topological polar surface area (TPSA) is 87.3 Å². The van der Waals surface area contributed by atoms with Gasteiger partial charge in [-0.05, 0) is 42.5 Å². The minimum absolute atomic E-state index is 0.101. The van der Waals surface area contributed by atoms with Crippen LogP contribution in [0.1, 0.15) is 18.1 Å². The zero-order valence-corrected chi connectivity index (χ0v) is 15.0. The number of halogens is 6. The van der Waals surface area contributed by atoms with E-state index in [4.69, 9.17) is 0 Å². The summed E-state index contributed by atoms with van der Waals surface area (Å²) in [5, 5.41) is 6.30. The van der Waals surface area contributed by atoms with Crippen molar-refractivity contribution in [3.05, 3.63) is 53.6 Å². The minimum atomic E-state index is -5.10. The molecule has 160 valence electrons. The standard InChI is InChI=1S/C18H13F6N3O3/c1-9(28)25-12-2-4-13(5-3-12)26-15(29)16(30)27-14-7-10(17(19,20)21)6-11(8-14)18(22,23)24/h2-8H,1H3,(H,25,28)(H,26,29)(H,27,30). The maximum Gasteiger partial charge on any atom is 0.416 e. The number of amides is 3. The van der Waals surface area contributed by atoms with Crippen molar-refractivity contribution in [2.75, 3.05) is 16.0 Å². The Balaban J connectivity index is 2.16. The van der Waals surface area contributed by atoms with Gasteiger partial charge in [-0.3, -0.25) is 14.4 Å². The van der Waals surface area contributed by atoms with E-state index in [1.165, 1.54) is 31.2 Å². The normalized spacial score (nSPS) is 11.6. The number of rotatable bonds is 3. The van der Waals surface area contributed by atoms with Crippen LogP contribution >= 0.6 is 0 Å². The first-order valence-electron chi connectivity index (χ1n) is 8.05. The van der Waals surface area contributed by atoms with Gasteiger partial charge in [-0.15, -0.1) is 0 Å². The van der Waals surface area contributed by atoms with E-state index >= 15 is 0 Å². The summed E-state index contributed by atoms with van der Waals surface area (Å²) in [6.07, 6.45) is -10.2. The summed E-state index contributed by atoms with van der Waals surface area (Å²) in [4.78, 5) is 34.8. The second-order valence-corrected chi connectivity index (χ2v) is 5.96. The minimum Gasteiger partial charge on any atom is -0.326 e. The third-order valence-corrected chi connectivity index (χ3v) is 3.51. The lowest BCUT2D eigenvalue weighted by molar-refractivity contribution is -0.143. The first kappa shape index (κ1) is 22.7. The lowest BCUT2D eigenvalue weighted by Crippen LogP contribution is -2.29. The first-order chi connectivity index (χ1) is 13.8. The molecule has 0 fully saturated rings. The molecule has 2 aromatic carbocycles. The number of nitrogens with one attached hydrogen (secondary N) is 3. The lowest BCUT2D eigenvalue weighted by Gasteiger charge is -2.14. The summed E-state index contributed by atoms with van der Waals surface area (Å²) < 4.78 is 77.1. The third kappa shape index (κ3) is 6.22. The molecular weight excluding hydrogens is 420 g/mol. The summed E-state index contributed by atoms with van der Waals surface area (Å²) in [7, 11) is 0. The molecule has 2 rings (SSSR count).